The third-order valence-corrected chi connectivity index (χ3v) is 4.16. The number of imidazole rings is 1. The highest BCUT2D eigenvalue weighted by Crippen LogP contribution is 2.18. The second-order valence-corrected chi connectivity index (χ2v) is 5.40. The minimum atomic E-state index is 0.0957. The highest BCUT2D eigenvalue weighted by molar-refractivity contribution is 5.78. The largest absolute Gasteiger partial charge is 0.356 e. The van der Waals surface area contributed by atoms with Crippen LogP contribution in [0, 0.1) is 5.92 Å². The van der Waals surface area contributed by atoms with Crippen molar-refractivity contribution in [2.24, 2.45) is 5.92 Å². The number of nitrogens with zero attached hydrogens (tertiary/aromatic N) is 3. The van der Waals surface area contributed by atoms with E-state index in [1.807, 2.05) is 12.4 Å². The summed E-state index contributed by atoms with van der Waals surface area (Å²) in [5.74, 6) is 1.33. The number of rotatable bonds is 7. The van der Waals surface area contributed by atoms with Crippen molar-refractivity contribution in [3.8, 4) is 0 Å². The fourth-order valence-corrected chi connectivity index (χ4v) is 2.77. The van der Waals surface area contributed by atoms with Gasteiger partial charge >= 0.3 is 0 Å². The smallest absolute Gasteiger partial charge is 0.223 e. The molecule has 5 nitrogen and oxygen atoms in total. The molecule has 2 rings (SSSR count). The van der Waals surface area contributed by atoms with Crippen LogP contribution < -0.4 is 5.32 Å². The molecule has 1 aromatic rings. The van der Waals surface area contributed by atoms with Gasteiger partial charge in [-0.05, 0) is 32.5 Å². The number of hydrogen-bond donors (Lipinski definition) is 1. The molecule has 112 valence electrons. The van der Waals surface area contributed by atoms with E-state index in [0.29, 0.717) is 0 Å². The Morgan fingerprint density at radius 3 is 3.05 bits per heavy atom. The maximum atomic E-state index is 12.2. The summed E-state index contributed by atoms with van der Waals surface area (Å²) in [4.78, 5) is 18.8. The maximum Gasteiger partial charge on any atom is 0.223 e. The fourth-order valence-electron chi connectivity index (χ4n) is 2.77. The number of aryl methyl sites for hydroxylation is 1. The summed E-state index contributed by atoms with van der Waals surface area (Å²) in [7, 11) is 0. The van der Waals surface area contributed by atoms with Gasteiger partial charge in [0.1, 0.15) is 5.82 Å². The molecule has 0 saturated heterocycles. The van der Waals surface area contributed by atoms with Crippen molar-refractivity contribution in [2.75, 3.05) is 26.2 Å². The molecule has 2 heterocycles. The molecule has 1 atom stereocenters. The molecule has 0 fully saturated rings. The monoisotopic (exact) mass is 278 g/mol. The van der Waals surface area contributed by atoms with E-state index in [1.165, 1.54) is 0 Å². The highest BCUT2D eigenvalue weighted by Gasteiger charge is 2.24. The zero-order valence-corrected chi connectivity index (χ0v) is 12.6. The van der Waals surface area contributed by atoms with Gasteiger partial charge in [0.15, 0.2) is 0 Å². The molecule has 1 N–H and O–H groups in total. The van der Waals surface area contributed by atoms with Crippen LogP contribution in [-0.2, 0) is 17.8 Å². The molecular weight excluding hydrogens is 252 g/mol. The van der Waals surface area contributed by atoms with Crippen LogP contribution in [0.1, 0.15) is 32.5 Å². The molecule has 0 radical (unpaired) electrons. The summed E-state index contributed by atoms with van der Waals surface area (Å²) in [5, 5.41) is 3.08. The van der Waals surface area contributed by atoms with Gasteiger partial charge in [-0.2, -0.15) is 0 Å². The van der Waals surface area contributed by atoms with E-state index in [1.54, 1.807) is 0 Å². The van der Waals surface area contributed by atoms with Crippen molar-refractivity contribution >= 4 is 5.91 Å². The molecule has 1 amide bonds. The molecule has 0 spiro atoms. The lowest BCUT2D eigenvalue weighted by Gasteiger charge is -2.23. The summed E-state index contributed by atoms with van der Waals surface area (Å²) in [6.45, 7) is 9.25. The zero-order chi connectivity index (χ0) is 14.4. The standard InChI is InChI=1S/C15H26N4O/c1-3-18(4-2)9-5-7-17-15(20)13-6-10-19-11-8-16-14(19)12-13/h8,11,13H,3-7,9-10,12H2,1-2H3,(H,17,20). The van der Waals surface area contributed by atoms with E-state index in [-0.39, 0.29) is 11.8 Å². The Bertz CT molecular complexity index is 425. The molecule has 0 bridgehead atoms. The van der Waals surface area contributed by atoms with Crippen molar-refractivity contribution in [3.05, 3.63) is 18.2 Å². The first-order valence-corrected chi connectivity index (χ1v) is 7.74. The van der Waals surface area contributed by atoms with Crippen molar-refractivity contribution < 1.29 is 4.79 Å². The predicted molar refractivity (Wildman–Crippen MR) is 79.5 cm³/mol. The first kappa shape index (κ1) is 15.0. The van der Waals surface area contributed by atoms with E-state index in [2.05, 4.69) is 33.6 Å². The number of carbonyl (C=O) groups excluding carboxylic acids is 1. The van der Waals surface area contributed by atoms with E-state index in [4.69, 9.17) is 0 Å². The first-order chi connectivity index (χ1) is 9.74. The van der Waals surface area contributed by atoms with Crippen LogP contribution in [-0.4, -0.2) is 46.5 Å². The number of nitrogens with one attached hydrogen (secondary N) is 1. The van der Waals surface area contributed by atoms with Crippen LogP contribution >= 0.6 is 0 Å². The van der Waals surface area contributed by atoms with Crippen LogP contribution in [0.2, 0.25) is 0 Å². The Morgan fingerprint density at radius 1 is 1.50 bits per heavy atom. The molecule has 1 unspecified atom stereocenters. The van der Waals surface area contributed by atoms with Gasteiger partial charge < -0.3 is 14.8 Å². The number of hydrogen-bond acceptors (Lipinski definition) is 3. The van der Waals surface area contributed by atoms with Crippen molar-refractivity contribution in [1.82, 2.24) is 19.8 Å². The molecule has 0 aliphatic carbocycles. The van der Waals surface area contributed by atoms with E-state index >= 15 is 0 Å². The Balaban J connectivity index is 1.68. The van der Waals surface area contributed by atoms with Crippen LogP contribution in [0.4, 0.5) is 0 Å². The normalized spacial score (nSPS) is 18.1. The quantitative estimate of drug-likeness (QED) is 0.765. The average Bonchev–Trinajstić information content (AvgIpc) is 2.94. The fraction of sp³-hybridized carbons (Fsp3) is 0.733. The number of amides is 1. The number of aromatic nitrogens is 2. The zero-order valence-electron chi connectivity index (χ0n) is 12.6. The molecule has 20 heavy (non-hydrogen) atoms. The lowest BCUT2D eigenvalue weighted by molar-refractivity contribution is -0.125. The van der Waals surface area contributed by atoms with Crippen molar-refractivity contribution in [2.45, 2.75) is 39.7 Å². The second-order valence-electron chi connectivity index (χ2n) is 5.40. The van der Waals surface area contributed by atoms with Crippen LogP contribution in [0.5, 0.6) is 0 Å². The number of carbonyl (C=O) groups is 1. The minimum absolute atomic E-state index is 0.0957. The SMILES string of the molecule is CCN(CC)CCCNC(=O)C1CCn2ccnc2C1. The minimum Gasteiger partial charge on any atom is -0.356 e. The third kappa shape index (κ3) is 3.82. The summed E-state index contributed by atoms with van der Waals surface area (Å²) in [6.07, 6.45) is 6.53. The van der Waals surface area contributed by atoms with Crippen molar-refractivity contribution in [3.63, 3.8) is 0 Å². The van der Waals surface area contributed by atoms with Gasteiger partial charge in [0, 0.05) is 37.8 Å². The molecule has 1 aliphatic rings. The average molecular weight is 278 g/mol. The third-order valence-electron chi connectivity index (χ3n) is 4.16. The number of fused-ring (bicyclic) bond motifs is 1. The Morgan fingerprint density at radius 2 is 2.30 bits per heavy atom. The molecule has 1 aliphatic heterocycles. The van der Waals surface area contributed by atoms with Gasteiger partial charge in [-0.3, -0.25) is 4.79 Å². The van der Waals surface area contributed by atoms with Crippen LogP contribution in [0.25, 0.3) is 0 Å². The van der Waals surface area contributed by atoms with Crippen LogP contribution in [0.3, 0.4) is 0 Å². The summed E-state index contributed by atoms with van der Waals surface area (Å²) >= 11 is 0. The Hall–Kier alpha value is -1.36. The van der Waals surface area contributed by atoms with E-state index in [0.717, 1.165) is 57.8 Å². The molecular formula is C15H26N4O. The predicted octanol–water partition coefficient (Wildman–Crippen LogP) is 1.29. The Labute approximate surface area is 121 Å². The van der Waals surface area contributed by atoms with Gasteiger partial charge in [0.05, 0.1) is 0 Å². The summed E-state index contributed by atoms with van der Waals surface area (Å²) in [6, 6.07) is 0. The van der Waals surface area contributed by atoms with Gasteiger partial charge in [-0.1, -0.05) is 13.8 Å². The molecule has 0 aromatic carbocycles. The lowest BCUT2D eigenvalue weighted by Crippen LogP contribution is -2.37. The van der Waals surface area contributed by atoms with Gasteiger partial charge in [-0.25, -0.2) is 4.98 Å². The summed E-state index contributed by atoms with van der Waals surface area (Å²) in [5.41, 5.74) is 0. The molecule has 5 heteroatoms. The molecule has 1 aromatic heterocycles. The van der Waals surface area contributed by atoms with E-state index in [9.17, 15) is 4.79 Å². The van der Waals surface area contributed by atoms with Gasteiger partial charge in [0.2, 0.25) is 5.91 Å². The highest BCUT2D eigenvalue weighted by atomic mass is 16.1. The van der Waals surface area contributed by atoms with Gasteiger partial charge in [0.25, 0.3) is 0 Å². The van der Waals surface area contributed by atoms with Crippen LogP contribution in [0.15, 0.2) is 12.4 Å². The van der Waals surface area contributed by atoms with E-state index < -0.39 is 0 Å². The van der Waals surface area contributed by atoms with Gasteiger partial charge in [-0.15, -0.1) is 0 Å². The second kappa shape index (κ2) is 7.43. The topological polar surface area (TPSA) is 50.2 Å². The Kier molecular flexibility index (Phi) is 5.59. The lowest BCUT2D eigenvalue weighted by atomic mass is 9.97. The first-order valence-electron chi connectivity index (χ1n) is 7.74. The maximum absolute atomic E-state index is 12.2. The summed E-state index contributed by atoms with van der Waals surface area (Å²) < 4.78 is 2.14. The molecule has 0 saturated carbocycles. The van der Waals surface area contributed by atoms with Crippen molar-refractivity contribution in [1.29, 1.82) is 0 Å².